The molecule has 6 rings (SSSR count). The Morgan fingerprint density at radius 2 is 1.88 bits per heavy atom. The maximum absolute atomic E-state index is 10.7. The highest BCUT2D eigenvalue weighted by molar-refractivity contribution is 5.68. The lowest BCUT2D eigenvalue weighted by Crippen LogP contribution is -2.53. The van der Waals surface area contributed by atoms with Gasteiger partial charge in [-0.1, -0.05) is 24.6 Å². The van der Waals surface area contributed by atoms with Gasteiger partial charge in [0.2, 0.25) is 0 Å². The number of piperazine rings is 1. The normalized spacial score (nSPS) is 21.3. The average Bonchev–Trinajstić information content (AvgIpc) is 3.61. The third-order valence-corrected chi connectivity index (χ3v) is 7.86. The fourth-order valence-electron chi connectivity index (χ4n) is 5.35. The van der Waals surface area contributed by atoms with Gasteiger partial charge in [0, 0.05) is 44.5 Å². The minimum absolute atomic E-state index is 0.259. The van der Waals surface area contributed by atoms with Crippen LogP contribution in [0, 0.1) is 5.92 Å². The molecule has 3 aliphatic rings. The van der Waals surface area contributed by atoms with E-state index >= 15 is 0 Å². The molecule has 3 aromatic rings. The summed E-state index contributed by atoms with van der Waals surface area (Å²) in [6, 6.07) is 12.7. The van der Waals surface area contributed by atoms with Crippen molar-refractivity contribution in [2.24, 2.45) is 5.92 Å². The van der Waals surface area contributed by atoms with Crippen molar-refractivity contribution in [3.05, 3.63) is 53.9 Å². The lowest BCUT2D eigenvalue weighted by Gasteiger charge is -2.42. The number of hydrogen-bond acceptors (Lipinski definition) is 5. The van der Waals surface area contributed by atoms with Gasteiger partial charge in [-0.15, -0.1) is 0 Å². The first-order valence-electron chi connectivity index (χ1n) is 12.5. The third-order valence-electron chi connectivity index (χ3n) is 7.86. The molecular weight excluding hydrogens is 412 g/mol. The van der Waals surface area contributed by atoms with Crippen molar-refractivity contribution >= 4 is 5.65 Å². The molecule has 1 unspecified atom stereocenters. The van der Waals surface area contributed by atoms with Crippen molar-refractivity contribution in [2.45, 2.75) is 50.8 Å². The lowest BCUT2D eigenvalue weighted by molar-refractivity contribution is -0.0818. The molecule has 1 saturated heterocycles. The van der Waals surface area contributed by atoms with Crippen LogP contribution in [-0.4, -0.2) is 63.8 Å². The second-order valence-electron chi connectivity index (χ2n) is 10.0. The Morgan fingerprint density at radius 3 is 2.58 bits per heavy atom. The van der Waals surface area contributed by atoms with Gasteiger partial charge in [0.15, 0.2) is 0 Å². The fourth-order valence-corrected chi connectivity index (χ4v) is 5.35. The van der Waals surface area contributed by atoms with E-state index in [2.05, 4.69) is 44.7 Å². The number of nitrogens with zero attached hydrogens (tertiary/aromatic N) is 4. The SMILES string of the molecule is COc1cccc(-c2nc3ccc(C4CC4)cn3c2CN2CCN(C(O)C3CCC3)CC2)c1. The number of benzene rings is 1. The number of hydrogen-bond donors (Lipinski definition) is 1. The van der Waals surface area contributed by atoms with Gasteiger partial charge in [-0.25, -0.2) is 4.98 Å². The van der Waals surface area contributed by atoms with E-state index in [4.69, 9.17) is 9.72 Å². The number of fused-ring (bicyclic) bond motifs is 1. The zero-order valence-corrected chi connectivity index (χ0v) is 19.5. The summed E-state index contributed by atoms with van der Waals surface area (Å²) in [5.41, 5.74) is 5.81. The highest BCUT2D eigenvalue weighted by Crippen LogP contribution is 2.40. The molecule has 33 heavy (non-hydrogen) atoms. The van der Waals surface area contributed by atoms with E-state index in [1.54, 1.807) is 7.11 Å². The molecular formula is C27H34N4O2. The molecule has 2 aliphatic carbocycles. The van der Waals surface area contributed by atoms with Crippen LogP contribution in [0.2, 0.25) is 0 Å². The Kier molecular flexibility index (Phi) is 5.60. The zero-order valence-electron chi connectivity index (χ0n) is 19.5. The largest absolute Gasteiger partial charge is 0.497 e. The second kappa shape index (κ2) is 8.75. The number of aromatic nitrogens is 2. The van der Waals surface area contributed by atoms with Gasteiger partial charge >= 0.3 is 0 Å². The van der Waals surface area contributed by atoms with Crippen molar-refractivity contribution in [1.29, 1.82) is 0 Å². The first-order valence-corrected chi connectivity index (χ1v) is 12.5. The first kappa shape index (κ1) is 21.1. The molecule has 1 aromatic carbocycles. The first-order chi connectivity index (χ1) is 16.2. The van der Waals surface area contributed by atoms with Crippen molar-refractivity contribution in [2.75, 3.05) is 33.3 Å². The number of aliphatic hydroxyl groups excluding tert-OH is 1. The van der Waals surface area contributed by atoms with Crippen LogP contribution in [0.25, 0.3) is 16.9 Å². The van der Waals surface area contributed by atoms with Crippen LogP contribution >= 0.6 is 0 Å². The summed E-state index contributed by atoms with van der Waals surface area (Å²) in [6.45, 7) is 4.65. The summed E-state index contributed by atoms with van der Waals surface area (Å²) in [7, 11) is 1.71. The molecule has 0 amide bonds. The smallest absolute Gasteiger partial charge is 0.137 e. The lowest BCUT2D eigenvalue weighted by atomic mass is 9.83. The summed E-state index contributed by atoms with van der Waals surface area (Å²) < 4.78 is 7.81. The molecule has 6 nitrogen and oxygen atoms in total. The second-order valence-corrected chi connectivity index (χ2v) is 10.0. The standard InChI is InChI=1S/C27H34N4O2/c1-33-23-7-3-6-21(16-23)26-24(31-17-22(19-8-9-19)10-11-25(31)28-26)18-29-12-14-30(15-13-29)27(32)20-4-2-5-20/h3,6-7,10-11,16-17,19-20,27,32H,2,4-5,8-9,12-15,18H2,1H3. The van der Waals surface area contributed by atoms with Crippen LogP contribution in [0.5, 0.6) is 5.75 Å². The molecule has 0 spiro atoms. The third kappa shape index (κ3) is 4.16. The average molecular weight is 447 g/mol. The predicted molar refractivity (Wildman–Crippen MR) is 129 cm³/mol. The summed E-state index contributed by atoms with van der Waals surface area (Å²) in [4.78, 5) is 9.86. The number of aliphatic hydroxyl groups is 1. The Balaban J connectivity index is 1.29. The van der Waals surface area contributed by atoms with Crippen LogP contribution in [0.3, 0.4) is 0 Å². The van der Waals surface area contributed by atoms with Gasteiger partial charge in [0.05, 0.1) is 18.5 Å². The van der Waals surface area contributed by atoms with Crippen molar-refractivity contribution < 1.29 is 9.84 Å². The van der Waals surface area contributed by atoms with E-state index < -0.39 is 0 Å². The maximum atomic E-state index is 10.7. The quantitative estimate of drug-likeness (QED) is 0.592. The Morgan fingerprint density at radius 1 is 1.06 bits per heavy atom. The van der Waals surface area contributed by atoms with Crippen LogP contribution in [0.15, 0.2) is 42.6 Å². The topological polar surface area (TPSA) is 53.2 Å². The summed E-state index contributed by atoms with van der Waals surface area (Å²) in [5.74, 6) is 2.05. The Bertz CT molecular complexity index is 1130. The fraction of sp³-hybridized carbons (Fsp3) is 0.519. The number of pyridine rings is 1. The van der Waals surface area contributed by atoms with Gasteiger partial charge in [-0.05, 0) is 61.3 Å². The van der Waals surface area contributed by atoms with Gasteiger partial charge in [0.25, 0.3) is 0 Å². The minimum Gasteiger partial charge on any atom is -0.497 e. The van der Waals surface area contributed by atoms with E-state index in [-0.39, 0.29) is 6.23 Å². The predicted octanol–water partition coefficient (Wildman–Crippen LogP) is 4.12. The molecule has 1 N–H and O–H groups in total. The van der Waals surface area contributed by atoms with Gasteiger partial charge in [-0.3, -0.25) is 9.80 Å². The highest BCUT2D eigenvalue weighted by Gasteiger charge is 2.32. The number of methoxy groups -OCH3 is 1. The van der Waals surface area contributed by atoms with E-state index in [0.29, 0.717) is 11.8 Å². The molecule has 1 aliphatic heterocycles. The Hall–Kier alpha value is -2.41. The summed E-state index contributed by atoms with van der Waals surface area (Å²) in [6.07, 6.45) is 8.27. The molecule has 2 saturated carbocycles. The monoisotopic (exact) mass is 446 g/mol. The molecule has 3 heterocycles. The van der Waals surface area contributed by atoms with Crippen molar-refractivity contribution in [3.8, 4) is 17.0 Å². The van der Waals surface area contributed by atoms with Crippen molar-refractivity contribution in [3.63, 3.8) is 0 Å². The molecule has 1 atom stereocenters. The van der Waals surface area contributed by atoms with Gasteiger partial charge in [0.1, 0.15) is 17.6 Å². The summed E-state index contributed by atoms with van der Waals surface area (Å²) in [5, 5.41) is 10.7. The zero-order chi connectivity index (χ0) is 22.4. The molecule has 174 valence electrons. The summed E-state index contributed by atoms with van der Waals surface area (Å²) >= 11 is 0. The Labute approximate surface area is 195 Å². The van der Waals surface area contributed by atoms with E-state index in [1.165, 1.54) is 43.4 Å². The van der Waals surface area contributed by atoms with Crippen LogP contribution in [0.1, 0.15) is 49.3 Å². The number of ether oxygens (including phenoxy) is 1. The number of rotatable bonds is 7. The molecule has 3 fully saturated rings. The van der Waals surface area contributed by atoms with Gasteiger partial charge < -0.3 is 14.2 Å². The van der Waals surface area contributed by atoms with Crippen molar-refractivity contribution in [1.82, 2.24) is 19.2 Å². The molecule has 0 radical (unpaired) electrons. The highest BCUT2D eigenvalue weighted by atomic mass is 16.5. The minimum atomic E-state index is -0.259. The van der Waals surface area contributed by atoms with Crippen LogP contribution in [-0.2, 0) is 6.54 Å². The van der Waals surface area contributed by atoms with Crippen LogP contribution in [0.4, 0.5) is 0 Å². The van der Waals surface area contributed by atoms with Crippen LogP contribution < -0.4 is 4.74 Å². The maximum Gasteiger partial charge on any atom is 0.137 e. The van der Waals surface area contributed by atoms with Gasteiger partial charge in [-0.2, -0.15) is 0 Å². The van der Waals surface area contributed by atoms with E-state index in [9.17, 15) is 5.11 Å². The van der Waals surface area contributed by atoms with E-state index in [1.807, 2.05) is 12.1 Å². The molecule has 2 aromatic heterocycles. The van der Waals surface area contributed by atoms with E-state index in [0.717, 1.165) is 55.4 Å². The molecule has 0 bridgehead atoms. The molecule has 6 heteroatoms. The number of imidazole rings is 1.